The number of esters is 1. The van der Waals surface area contributed by atoms with Crippen molar-refractivity contribution in [1.82, 2.24) is 14.8 Å². The van der Waals surface area contributed by atoms with Crippen LogP contribution in [0.1, 0.15) is 22.8 Å². The number of aromatic nitrogens is 3. The number of ether oxygens (including phenoxy) is 2. The molecule has 0 aromatic carbocycles. The Labute approximate surface area is 111 Å². The van der Waals surface area contributed by atoms with E-state index in [0.717, 1.165) is 5.56 Å². The molecule has 6 heteroatoms. The highest BCUT2D eigenvalue weighted by Crippen LogP contribution is 2.15. The topological polar surface area (TPSA) is 66.2 Å². The van der Waals surface area contributed by atoms with Crippen LogP contribution in [0.5, 0.6) is 5.88 Å². The Bertz CT molecular complexity index is 566. The minimum Gasteiger partial charge on any atom is -0.481 e. The van der Waals surface area contributed by atoms with Crippen molar-refractivity contribution in [2.75, 3.05) is 13.7 Å². The van der Waals surface area contributed by atoms with Crippen molar-refractivity contribution in [3.63, 3.8) is 0 Å². The maximum atomic E-state index is 11.5. The lowest BCUT2D eigenvalue weighted by Crippen LogP contribution is -2.05. The number of pyridine rings is 1. The van der Waals surface area contributed by atoms with Gasteiger partial charge >= 0.3 is 5.97 Å². The van der Waals surface area contributed by atoms with E-state index in [-0.39, 0.29) is 5.97 Å². The third-order valence-corrected chi connectivity index (χ3v) is 2.52. The van der Waals surface area contributed by atoms with Gasteiger partial charge in [0.25, 0.3) is 0 Å². The van der Waals surface area contributed by atoms with Crippen LogP contribution in [0.3, 0.4) is 0 Å². The summed E-state index contributed by atoms with van der Waals surface area (Å²) in [6, 6.07) is 3.73. The average molecular weight is 261 g/mol. The van der Waals surface area contributed by atoms with Crippen LogP contribution in [0.2, 0.25) is 0 Å². The van der Waals surface area contributed by atoms with Crippen molar-refractivity contribution in [3.8, 4) is 5.88 Å². The normalized spacial score (nSPS) is 10.2. The maximum absolute atomic E-state index is 11.5. The van der Waals surface area contributed by atoms with E-state index in [1.165, 1.54) is 6.20 Å². The molecule has 0 spiro atoms. The minimum atomic E-state index is -0.369. The lowest BCUT2D eigenvalue weighted by molar-refractivity contribution is 0.0526. The first-order chi connectivity index (χ1) is 9.24. The molecule has 0 fully saturated rings. The summed E-state index contributed by atoms with van der Waals surface area (Å²) >= 11 is 0. The highest BCUT2D eigenvalue weighted by atomic mass is 16.5. The van der Waals surface area contributed by atoms with E-state index >= 15 is 0 Å². The van der Waals surface area contributed by atoms with Crippen LogP contribution in [0.15, 0.2) is 30.7 Å². The first-order valence-corrected chi connectivity index (χ1v) is 5.92. The van der Waals surface area contributed by atoms with Crippen LogP contribution in [-0.2, 0) is 11.3 Å². The standard InChI is InChI=1S/C13H15N3O3/c1-3-19-13(17)11-7-15-16(9-11)8-10-5-4-6-14-12(10)18-2/h4-7,9H,3,8H2,1-2H3. The van der Waals surface area contributed by atoms with E-state index in [4.69, 9.17) is 9.47 Å². The molecule has 0 N–H and O–H groups in total. The summed E-state index contributed by atoms with van der Waals surface area (Å²) in [5.74, 6) is 0.183. The largest absolute Gasteiger partial charge is 0.481 e. The summed E-state index contributed by atoms with van der Waals surface area (Å²) < 4.78 is 11.7. The van der Waals surface area contributed by atoms with E-state index in [9.17, 15) is 4.79 Å². The van der Waals surface area contributed by atoms with Crippen LogP contribution in [-0.4, -0.2) is 34.5 Å². The average Bonchev–Trinajstić information content (AvgIpc) is 2.88. The second-order valence-electron chi connectivity index (χ2n) is 3.82. The molecule has 0 unspecified atom stereocenters. The Morgan fingerprint density at radius 3 is 3.05 bits per heavy atom. The van der Waals surface area contributed by atoms with Gasteiger partial charge in [0.15, 0.2) is 0 Å². The molecule has 0 amide bonds. The number of nitrogens with zero attached hydrogens (tertiary/aromatic N) is 3. The van der Waals surface area contributed by atoms with Crippen molar-refractivity contribution < 1.29 is 14.3 Å². The molecule has 0 aliphatic carbocycles. The van der Waals surface area contributed by atoms with Crippen molar-refractivity contribution in [2.45, 2.75) is 13.5 Å². The summed E-state index contributed by atoms with van der Waals surface area (Å²) in [6.07, 6.45) is 4.79. The molecule has 0 bridgehead atoms. The highest BCUT2D eigenvalue weighted by Gasteiger charge is 2.10. The first-order valence-electron chi connectivity index (χ1n) is 5.92. The maximum Gasteiger partial charge on any atom is 0.341 e. The molecule has 0 aliphatic heterocycles. The Hall–Kier alpha value is -2.37. The van der Waals surface area contributed by atoms with Crippen molar-refractivity contribution >= 4 is 5.97 Å². The molecule has 2 aromatic rings. The van der Waals surface area contributed by atoms with Gasteiger partial charge < -0.3 is 9.47 Å². The lowest BCUT2D eigenvalue weighted by Gasteiger charge is -2.06. The van der Waals surface area contributed by atoms with E-state index in [2.05, 4.69) is 10.1 Å². The third-order valence-electron chi connectivity index (χ3n) is 2.52. The molecule has 0 atom stereocenters. The number of hydrogen-bond acceptors (Lipinski definition) is 5. The van der Waals surface area contributed by atoms with Gasteiger partial charge in [-0.15, -0.1) is 0 Å². The van der Waals surface area contributed by atoms with Crippen LogP contribution in [0, 0.1) is 0 Å². The minimum absolute atomic E-state index is 0.348. The zero-order chi connectivity index (χ0) is 13.7. The van der Waals surface area contributed by atoms with E-state index in [0.29, 0.717) is 24.6 Å². The molecule has 0 radical (unpaired) electrons. The van der Waals surface area contributed by atoms with Gasteiger partial charge in [0.1, 0.15) is 0 Å². The predicted octanol–water partition coefficient (Wildman–Crippen LogP) is 1.51. The zero-order valence-corrected chi connectivity index (χ0v) is 10.9. The molecule has 6 nitrogen and oxygen atoms in total. The number of hydrogen-bond donors (Lipinski definition) is 0. The quantitative estimate of drug-likeness (QED) is 0.763. The van der Waals surface area contributed by atoms with Gasteiger partial charge in [0.05, 0.1) is 32.0 Å². The van der Waals surface area contributed by atoms with E-state index < -0.39 is 0 Å². The van der Waals surface area contributed by atoms with Crippen LogP contribution < -0.4 is 4.74 Å². The van der Waals surface area contributed by atoms with Gasteiger partial charge in [-0.2, -0.15) is 5.10 Å². The van der Waals surface area contributed by atoms with E-state index in [1.54, 1.807) is 31.1 Å². The summed E-state index contributed by atoms with van der Waals surface area (Å²) in [7, 11) is 1.57. The van der Waals surface area contributed by atoms with E-state index in [1.807, 2.05) is 12.1 Å². The Morgan fingerprint density at radius 2 is 2.32 bits per heavy atom. The van der Waals surface area contributed by atoms with Crippen molar-refractivity contribution in [1.29, 1.82) is 0 Å². The molecule has 0 saturated carbocycles. The molecule has 0 saturated heterocycles. The van der Waals surface area contributed by atoms with Gasteiger partial charge in [0.2, 0.25) is 5.88 Å². The second-order valence-corrected chi connectivity index (χ2v) is 3.82. The van der Waals surface area contributed by atoms with Gasteiger partial charge in [-0.05, 0) is 13.0 Å². The monoisotopic (exact) mass is 261 g/mol. The fourth-order valence-electron chi connectivity index (χ4n) is 1.67. The molecule has 2 heterocycles. The number of carbonyl (C=O) groups excluding carboxylic acids is 1. The summed E-state index contributed by atoms with van der Waals surface area (Å²) in [5.41, 5.74) is 1.33. The Balaban J connectivity index is 2.13. The summed E-state index contributed by atoms with van der Waals surface area (Å²) in [5, 5.41) is 4.12. The number of methoxy groups -OCH3 is 1. The lowest BCUT2D eigenvalue weighted by atomic mass is 10.2. The fraction of sp³-hybridized carbons (Fsp3) is 0.308. The Morgan fingerprint density at radius 1 is 1.47 bits per heavy atom. The Kier molecular flexibility index (Phi) is 4.12. The van der Waals surface area contributed by atoms with Crippen LogP contribution in [0.25, 0.3) is 0 Å². The fourth-order valence-corrected chi connectivity index (χ4v) is 1.67. The number of rotatable bonds is 5. The van der Waals surface area contributed by atoms with Crippen LogP contribution in [0.4, 0.5) is 0 Å². The highest BCUT2D eigenvalue weighted by molar-refractivity contribution is 5.88. The summed E-state index contributed by atoms with van der Waals surface area (Å²) in [4.78, 5) is 15.6. The van der Waals surface area contributed by atoms with Gasteiger partial charge in [-0.1, -0.05) is 6.07 Å². The molecule has 2 aromatic heterocycles. The molecule has 100 valence electrons. The first kappa shape index (κ1) is 13.1. The molecular formula is C13H15N3O3. The van der Waals surface area contributed by atoms with Crippen molar-refractivity contribution in [3.05, 3.63) is 41.9 Å². The molecular weight excluding hydrogens is 246 g/mol. The molecule has 0 aliphatic rings. The SMILES string of the molecule is CCOC(=O)c1cnn(Cc2cccnc2OC)c1. The van der Waals surface area contributed by atoms with Gasteiger partial charge in [-0.3, -0.25) is 4.68 Å². The van der Waals surface area contributed by atoms with Crippen molar-refractivity contribution in [2.24, 2.45) is 0 Å². The van der Waals surface area contributed by atoms with Gasteiger partial charge in [-0.25, -0.2) is 9.78 Å². The van der Waals surface area contributed by atoms with Crippen LogP contribution >= 0.6 is 0 Å². The molecule has 19 heavy (non-hydrogen) atoms. The number of carbonyl (C=O) groups is 1. The van der Waals surface area contributed by atoms with Gasteiger partial charge in [0, 0.05) is 18.0 Å². The smallest absolute Gasteiger partial charge is 0.341 e. The zero-order valence-electron chi connectivity index (χ0n) is 10.9. The second kappa shape index (κ2) is 5.99. The predicted molar refractivity (Wildman–Crippen MR) is 68.1 cm³/mol. The third kappa shape index (κ3) is 3.09. The summed E-state index contributed by atoms with van der Waals surface area (Å²) in [6.45, 7) is 2.60. The molecule has 2 rings (SSSR count).